The minimum absolute atomic E-state index is 0.219. The molecule has 4 atom stereocenters. The van der Waals surface area contributed by atoms with Crippen LogP contribution in [0, 0.1) is 54.4 Å². The van der Waals surface area contributed by atoms with Crippen LogP contribution in [0.4, 0.5) is 0 Å². The molecule has 0 radical (unpaired) electrons. The molecule has 2 aliphatic carbocycles. The molecule has 2 aromatic heterocycles. The maximum Gasteiger partial charge on any atom is 0.128 e. The monoisotopic (exact) mass is 1090 g/mol. The summed E-state index contributed by atoms with van der Waals surface area (Å²) >= 11 is 3.81. The zero-order valence-electron chi connectivity index (χ0n) is 47.8. The summed E-state index contributed by atoms with van der Waals surface area (Å²) in [5.41, 5.74) is 17.3. The summed E-state index contributed by atoms with van der Waals surface area (Å²) in [6.07, 6.45) is 17.6. The normalized spacial score (nSPS) is 16.3. The number of ether oxygens (including phenoxy) is 1. The first kappa shape index (κ1) is 54.6. The Kier molecular flexibility index (Phi) is 16.6. The summed E-state index contributed by atoms with van der Waals surface area (Å²) in [6, 6.07) is 74.4. The molecule has 1 aliphatic heterocycles. The Labute approximate surface area is 487 Å². The van der Waals surface area contributed by atoms with E-state index in [2.05, 4.69) is 304 Å². The van der Waals surface area contributed by atoms with Crippen molar-refractivity contribution in [2.75, 3.05) is 0 Å². The molecule has 15 rings (SSSR count). The van der Waals surface area contributed by atoms with E-state index < -0.39 is 0 Å². The van der Waals surface area contributed by atoms with Gasteiger partial charge in [0.1, 0.15) is 11.9 Å². The van der Waals surface area contributed by atoms with Crippen molar-refractivity contribution in [1.82, 2.24) is 0 Å². The van der Waals surface area contributed by atoms with E-state index in [0.717, 1.165) is 5.75 Å². The van der Waals surface area contributed by atoms with E-state index in [0.29, 0.717) is 17.8 Å². The minimum Gasteiger partial charge on any atom is -0.485 e. The zero-order valence-corrected chi connectivity index (χ0v) is 49.4. The van der Waals surface area contributed by atoms with Gasteiger partial charge in [0.15, 0.2) is 0 Å². The molecule has 0 amide bonds. The average molecular weight is 1090 g/mol. The summed E-state index contributed by atoms with van der Waals surface area (Å²) in [4.78, 5) is 0. The molecule has 3 heterocycles. The highest BCUT2D eigenvalue weighted by atomic mass is 32.1. The Morgan fingerprint density at radius 1 is 0.346 bits per heavy atom. The van der Waals surface area contributed by atoms with Crippen molar-refractivity contribution >= 4 is 73.8 Å². The Bertz CT molecular complexity index is 4300. The van der Waals surface area contributed by atoms with Crippen molar-refractivity contribution in [1.29, 1.82) is 0 Å². The molecule has 3 aliphatic rings. The number of allylic oxidation sites excluding steroid dienone is 6. The van der Waals surface area contributed by atoms with Crippen molar-refractivity contribution in [3.63, 3.8) is 0 Å². The molecule has 10 aromatic carbocycles. The Morgan fingerprint density at radius 2 is 0.926 bits per heavy atom. The molecule has 0 bridgehead atoms. The largest absolute Gasteiger partial charge is 0.485 e. The summed E-state index contributed by atoms with van der Waals surface area (Å²) < 4.78 is 11.4. The van der Waals surface area contributed by atoms with Crippen LogP contribution in [0.2, 0.25) is 0 Å². The number of benzene rings is 10. The van der Waals surface area contributed by atoms with Crippen LogP contribution >= 0.6 is 22.7 Å². The lowest BCUT2D eigenvalue weighted by molar-refractivity contribution is 0.267. The highest BCUT2D eigenvalue weighted by molar-refractivity contribution is 7.27. The second-order valence-electron chi connectivity index (χ2n) is 22.0. The topological polar surface area (TPSA) is 9.23 Å². The first-order chi connectivity index (χ1) is 39.4. The van der Waals surface area contributed by atoms with E-state index in [1.807, 2.05) is 28.7 Å². The van der Waals surface area contributed by atoms with Crippen molar-refractivity contribution in [3.05, 3.63) is 305 Å². The van der Waals surface area contributed by atoms with Crippen LogP contribution in [0.25, 0.3) is 73.4 Å². The highest BCUT2D eigenvalue weighted by Gasteiger charge is 2.32. The molecule has 0 saturated heterocycles. The van der Waals surface area contributed by atoms with Gasteiger partial charge in [-0.3, -0.25) is 0 Å². The van der Waals surface area contributed by atoms with Gasteiger partial charge in [0.25, 0.3) is 0 Å². The minimum atomic E-state index is 0.219. The second kappa shape index (κ2) is 24.6. The average Bonchev–Trinajstić information content (AvgIpc) is 4.28. The highest BCUT2D eigenvalue weighted by Crippen LogP contribution is 2.45. The molecule has 12 aromatic rings. The molecule has 81 heavy (non-hydrogen) atoms. The van der Waals surface area contributed by atoms with E-state index >= 15 is 0 Å². The van der Waals surface area contributed by atoms with Crippen molar-refractivity contribution in [3.8, 4) is 28.0 Å². The number of para-hydroxylation sites is 1. The number of fused-ring (bicyclic) bond motifs is 11. The summed E-state index contributed by atoms with van der Waals surface area (Å²) in [7, 11) is 0. The number of rotatable bonds is 3. The third-order valence-electron chi connectivity index (χ3n) is 15.8. The van der Waals surface area contributed by atoms with Crippen molar-refractivity contribution < 1.29 is 4.74 Å². The number of thiophene rings is 2. The fraction of sp³-hybridized carbons (Fsp3) is 0.154. The quantitative estimate of drug-likeness (QED) is 0.171. The standard InChI is InChI=1S/C29H18S2.C15H18.C13H12O.C13H12.C8H10/c1-17-9-13-26-24(15-17)22-8-4-7-21(29(22)30-26)19-11-14-27-25(16-19)23-12-10-18-5-2-3-6-20(18)28(23)31-27;1-11-8-9-15(13(3)10-11)14-7-5-4-6-12(14)2;1-9-5-4-7-11-10-6-2-3-8-12(10)14-13(9)11;1-11-7-9-13(10-8-11)12-5-3-2-4-6-12;1-7-4-3-5-8(2)6-7/h2-16H,1H3;4-10,12,14H,1-3H3;2-8,10,12H,1H3;2-10H,1H3;3-6H,1-2H3. The first-order valence-corrected chi connectivity index (χ1v) is 30.0. The van der Waals surface area contributed by atoms with E-state index in [4.69, 9.17) is 4.74 Å². The molecule has 0 N–H and O–H groups in total. The van der Waals surface area contributed by atoms with Gasteiger partial charge >= 0.3 is 0 Å². The van der Waals surface area contributed by atoms with Gasteiger partial charge in [-0.25, -0.2) is 0 Å². The fourth-order valence-electron chi connectivity index (χ4n) is 11.5. The van der Waals surface area contributed by atoms with E-state index in [9.17, 15) is 0 Å². The third kappa shape index (κ3) is 12.2. The summed E-state index contributed by atoms with van der Waals surface area (Å²) in [5.74, 6) is 2.67. The van der Waals surface area contributed by atoms with E-state index in [1.165, 1.54) is 123 Å². The number of hydrogen-bond donors (Lipinski definition) is 0. The molecular formula is C78H70OS2. The Hall–Kier alpha value is -8.34. The Morgan fingerprint density at radius 3 is 1.68 bits per heavy atom. The van der Waals surface area contributed by atoms with Crippen LogP contribution in [0.1, 0.15) is 68.8 Å². The predicted molar refractivity (Wildman–Crippen MR) is 355 cm³/mol. The number of hydrogen-bond acceptors (Lipinski definition) is 3. The van der Waals surface area contributed by atoms with Crippen molar-refractivity contribution in [2.24, 2.45) is 5.92 Å². The van der Waals surface area contributed by atoms with Gasteiger partial charge in [-0.05, 0) is 134 Å². The maximum absolute atomic E-state index is 5.90. The van der Waals surface area contributed by atoms with Crippen LogP contribution in [0.15, 0.2) is 255 Å². The summed E-state index contributed by atoms with van der Waals surface area (Å²) in [6.45, 7) is 17.2. The van der Waals surface area contributed by atoms with Crippen LogP contribution < -0.4 is 4.74 Å². The van der Waals surface area contributed by atoms with Crippen molar-refractivity contribution in [2.45, 2.75) is 73.3 Å². The number of aryl methyl sites for hydroxylation is 7. The van der Waals surface area contributed by atoms with Gasteiger partial charge in [-0.2, -0.15) is 0 Å². The molecular weight excluding hydrogens is 1020 g/mol. The summed E-state index contributed by atoms with van der Waals surface area (Å²) in [5, 5.41) is 8.12. The van der Waals surface area contributed by atoms with Gasteiger partial charge in [-0.1, -0.05) is 259 Å². The molecule has 0 spiro atoms. The smallest absolute Gasteiger partial charge is 0.128 e. The first-order valence-electron chi connectivity index (χ1n) is 28.4. The van der Waals surface area contributed by atoms with E-state index in [1.54, 1.807) is 0 Å². The van der Waals surface area contributed by atoms with Crippen LogP contribution in [0.5, 0.6) is 5.75 Å². The van der Waals surface area contributed by atoms with Gasteiger partial charge in [-0.15, -0.1) is 22.7 Å². The lowest BCUT2D eigenvalue weighted by atomic mass is 9.82. The molecule has 1 nitrogen and oxygen atoms in total. The lowest BCUT2D eigenvalue weighted by Crippen LogP contribution is -2.15. The third-order valence-corrected chi connectivity index (χ3v) is 18.2. The maximum atomic E-state index is 5.90. The zero-order chi connectivity index (χ0) is 56.0. The van der Waals surface area contributed by atoms with Gasteiger partial charge in [0.05, 0.1) is 0 Å². The lowest BCUT2D eigenvalue weighted by Gasteiger charge is -2.22. The molecule has 0 fully saturated rings. The van der Waals surface area contributed by atoms with E-state index in [-0.39, 0.29) is 6.10 Å². The molecule has 4 unspecified atom stereocenters. The molecule has 400 valence electrons. The predicted octanol–water partition coefficient (Wildman–Crippen LogP) is 22.6. The SMILES string of the molecule is Cc1ccc(-c2ccccc2)cc1.Cc1ccc(C2C=CC=CC2C)c(C)c1.Cc1ccc2sc3c(-c4ccc5sc6c7ccccc7ccc6c5c4)cccc3c2c1.Cc1cccc(C)c1.Cc1cccc2c1OC1C=CC=CC21. The molecule has 3 heteroatoms. The molecule has 0 saturated carbocycles. The second-order valence-corrected chi connectivity index (χ2v) is 24.1. The van der Waals surface area contributed by atoms with Gasteiger partial charge in [0.2, 0.25) is 0 Å². The fourth-order valence-corrected chi connectivity index (χ4v) is 14.0. The van der Waals surface area contributed by atoms with Gasteiger partial charge in [0, 0.05) is 57.7 Å². The van der Waals surface area contributed by atoms with Crippen LogP contribution in [0.3, 0.4) is 0 Å². The van der Waals surface area contributed by atoms with Gasteiger partial charge < -0.3 is 4.74 Å². The Balaban J connectivity index is 0.000000117. The van der Waals surface area contributed by atoms with Crippen LogP contribution in [-0.4, -0.2) is 6.10 Å². The van der Waals surface area contributed by atoms with Crippen LogP contribution in [-0.2, 0) is 0 Å².